The lowest BCUT2D eigenvalue weighted by molar-refractivity contribution is 0.114. The molecule has 28 heavy (non-hydrogen) atoms. The highest BCUT2D eigenvalue weighted by Gasteiger charge is 2.34. The Bertz CT molecular complexity index is 1200. The number of halogens is 1. The number of likely N-dealkylation sites (tertiary alicyclic amines) is 1. The molecular weight excluding hydrogens is 376 g/mol. The van der Waals surface area contributed by atoms with E-state index in [1.807, 2.05) is 29.7 Å². The van der Waals surface area contributed by atoms with Gasteiger partial charge in [-0.1, -0.05) is 17.7 Å². The molecule has 4 heterocycles. The smallest absolute Gasteiger partial charge is 0.336 e. The zero-order valence-electron chi connectivity index (χ0n) is 15.7. The summed E-state index contributed by atoms with van der Waals surface area (Å²) in [6.45, 7) is 5.13. The van der Waals surface area contributed by atoms with Crippen molar-refractivity contribution in [3.8, 4) is 0 Å². The third kappa shape index (κ3) is 2.99. The molecule has 0 unspecified atom stereocenters. The van der Waals surface area contributed by atoms with Crippen LogP contribution in [-0.2, 0) is 13.1 Å². The average molecular weight is 397 g/mol. The lowest BCUT2D eigenvalue weighted by Gasteiger charge is -2.42. The van der Waals surface area contributed by atoms with Gasteiger partial charge in [-0.3, -0.25) is 9.69 Å². The second-order valence-corrected chi connectivity index (χ2v) is 8.49. The van der Waals surface area contributed by atoms with E-state index in [2.05, 4.69) is 11.0 Å². The number of benzene rings is 1. The maximum absolute atomic E-state index is 12.2. The normalized spacial score (nSPS) is 21.6. The summed E-state index contributed by atoms with van der Waals surface area (Å²) in [7, 11) is 0. The van der Waals surface area contributed by atoms with E-state index < -0.39 is 0 Å². The molecule has 2 aromatic heterocycles. The highest BCUT2D eigenvalue weighted by Crippen LogP contribution is 2.36. The summed E-state index contributed by atoms with van der Waals surface area (Å²) in [6.07, 6.45) is 1.11. The van der Waals surface area contributed by atoms with E-state index in [1.165, 1.54) is 0 Å². The number of fused-ring (bicyclic) bond motifs is 5. The summed E-state index contributed by atoms with van der Waals surface area (Å²) < 4.78 is 7.33. The van der Waals surface area contributed by atoms with Crippen LogP contribution >= 0.6 is 11.6 Å². The summed E-state index contributed by atoms with van der Waals surface area (Å²) in [5.41, 5.74) is 3.31. The molecule has 1 fully saturated rings. The van der Waals surface area contributed by atoms with Gasteiger partial charge in [0.25, 0.3) is 5.56 Å². The van der Waals surface area contributed by atoms with E-state index in [0.717, 1.165) is 48.3 Å². The molecule has 2 aliphatic heterocycles. The Hall–Kier alpha value is -2.37. The predicted octanol–water partition coefficient (Wildman–Crippen LogP) is 3.54. The van der Waals surface area contributed by atoms with Crippen LogP contribution in [0.3, 0.4) is 0 Å². The van der Waals surface area contributed by atoms with E-state index in [0.29, 0.717) is 29.0 Å². The van der Waals surface area contributed by atoms with Gasteiger partial charge in [0, 0.05) is 60.3 Å². The van der Waals surface area contributed by atoms with Crippen molar-refractivity contribution in [1.29, 1.82) is 0 Å². The second-order valence-electron chi connectivity index (χ2n) is 8.08. The molecule has 0 spiro atoms. The number of piperidine rings is 1. The van der Waals surface area contributed by atoms with E-state index in [-0.39, 0.29) is 11.2 Å². The third-order valence-electron chi connectivity index (χ3n) is 6.06. The molecule has 2 atom stereocenters. The van der Waals surface area contributed by atoms with E-state index >= 15 is 0 Å². The van der Waals surface area contributed by atoms with Gasteiger partial charge >= 0.3 is 5.63 Å². The molecule has 5 nitrogen and oxygen atoms in total. The zero-order chi connectivity index (χ0) is 19.4. The molecule has 144 valence electrons. The molecule has 1 saturated heterocycles. The summed E-state index contributed by atoms with van der Waals surface area (Å²) in [4.78, 5) is 26.7. The molecule has 2 bridgehead atoms. The van der Waals surface area contributed by atoms with Crippen LogP contribution in [0.1, 0.15) is 29.2 Å². The Kier molecular flexibility index (Phi) is 4.18. The van der Waals surface area contributed by atoms with Crippen molar-refractivity contribution in [3.63, 3.8) is 0 Å². The lowest BCUT2D eigenvalue weighted by Crippen LogP contribution is -2.46. The Morgan fingerprint density at radius 2 is 2.00 bits per heavy atom. The van der Waals surface area contributed by atoms with Crippen LogP contribution in [0.4, 0.5) is 0 Å². The number of pyridine rings is 1. The van der Waals surface area contributed by atoms with Crippen LogP contribution in [0, 0.1) is 12.8 Å². The third-order valence-corrected chi connectivity index (χ3v) is 6.47. The largest absolute Gasteiger partial charge is 0.423 e. The molecule has 0 N–H and O–H groups in total. The maximum Gasteiger partial charge on any atom is 0.336 e. The van der Waals surface area contributed by atoms with Gasteiger partial charge in [0.15, 0.2) is 0 Å². The van der Waals surface area contributed by atoms with Crippen molar-refractivity contribution in [3.05, 3.63) is 79.0 Å². The number of hydrogen-bond acceptors (Lipinski definition) is 4. The molecule has 1 aromatic carbocycles. The Morgan fingerprint density at radius 3 is 2.86 bits per heavy atom. The van der Waals surface area contributed by atoms with Gasteiger partial charge in [0.2, 0.25) is 0 Å². The van der Waals surface area contributed by atoms with Gasteiger partial charge in [-0.05, 0) is 48.6 Å². The van der Waals surface area contributed by atoms with Crippen LogP contribution in [0.25, 0.3) is 11.0 Å². The first-order valence-corrected chi connectivity index (χ1v) is 10.0. The highest BCUT2D eigenvalue weighted by atomic mass is 35.5. The second kappa shape index (κ2) is 6.61. The molecule has 5 rings (SSSR count). The first kappa shape index (κ1) is 17.7. The Morgan fingerprint density at radius 1 is 1.14 bits per heavy atom. The van der Waals surface area contributed by atoms with Crippen LogP contribution < -0.4 is 11.2 Å². The standard InChI is InChI=1S/C22H21ClN2O3/c1-13-5-20-17(8-18(13)23)15(7-22(27)28-20)11-24-9-14-6-16(12-24)19-3-2-4-21(26)25(19)10-14/h2-5,7-8,14,16H,6,9-12H2,1H3/t14-,16-/m0/s1. The molecule has 0 amide bonds. The lowest BCUT2D eigenvalue weighted by atomic mass is 9.83. The fraction of sp³-hybridized carbons (Fsp3) is 0.364. The highest BCUT2D eigenvalue weighted by molar-refractivity contribution is 6.32. The van der Waals surface area contributed by atoms with Crippen molar-refractivity contribution >= 4 is 22.6 Å². The summed E-state index contributed by atoms with van der Waals surface area (Å²) in [5, 5.41) is 1.56. The van der Waals surface area contributed by atoms with Crippen molar-refractivity contribution < 1.29 is 4.42 Å². The minimum absolute atomic E-state index is 0.0947. The van der Waals surface area contributed by atoms with Gasteiger partial charge in [0.05, 0.1) is 0 Å². The number of aromatic nitrogens is 1. The maximum atomic E-state index is 12.2. The minimum atomic E-state index is -0.335. The monoisotopic (exact) mass is 396 g/mol. The number of aryl methyl sites for hydroxylation is 1. The molecule has 0 aliphatic carbocycles. The van der Waals surface area contributed by atoms with Gasteiger partial charge in [-0.2, -0.15) is 0 Å². The Balaban J connectivity index is 1.49. The van der Waals surface area contributed by atoms with Gasteiger partial charge < -0.3 is 8.98 Å². The van der Waals surface area contributed by atoms with Gasteiger partial charge in [-0.25, -0.2) is 4.79 Å². The predicted molar refractivity (Wildman–Crippen MR) is 109 cm³/mol. The fourth-order valence-electron chi connectivity index (χ4n) is 4.84. The van der Waals surface area contributed by atoms with Crippen LogP contribution in [0.5, 0.6) is 0 Å². The SMILES string of the molecule is Cc1cc2oc(=O)cc(CN3C[C@@H]4C[C@@H](C3)c3cccc(=O)n3C4)c2cc1Cl. The van der Waals surface area contributed by atoms with Crippen LogP contribution in [-0.4, -0.2) is 22.6 Å². The number of hydrogen-bond donors (Lipinski definition) is 0. The zero-order valence-corrected chi connectivity index (χ0v) is 16.4. The van der Waals surface area contributed by atoms with E-state index in [9.17, 15) is 9.59 Å². The molecule has 2 aliphatic rings. The van der Waals surface area contributed by atoms with Gasteiger partial charge in [0.1, 0.15) is 5.58 Å². The topological polar surface area (TPSA) is 55.5 Å². The van der Waals surface area contributed by atoms with Crippen molar-refractivity contribution in [2.24, 2.45) is 5.92 Å². The first-order chi connectivity index (χ1) is 13.5. The minimum Gasteiger partial charge on any atom is -0.423 e. The van der Waals surface area contributed by atoms with Crippen LogP contribution in [0.2, 0.25) is 5.02 Å². The van der Waals surface area contributed by atoms with E-state index in [1.54, 1.807) is 12.1 Å². The molecule has 3 aromatic rings. The van der Waals surface area contributed by atoms with Crippen molar-refractivity contribution in [2.75, 3.05) is 13.1 Å². The molecule has 6 heteroatoms. The van der Waals surface area contributed by atoms with Crippen LogP contribution in [0.15, 0.2) is 50.4 Å². The Labute approximate surface area is 167 Å². The molecular formula is C22H21ClN2O3. The molecule has 0 radical (unpaired) electrons. The quantitative estimate of drug-likeness (QED) is 0.622. The summed E-state index contributed by atoms with van der Waals surface area (Å²) in [5.74, 6) is 0.794. The fourth-order valence-corrected chi connectivity index (χ4v) is 5.01. The van der Waals surface area contributed by atoms with Crippen molar-refractivity contribution in [2.45, 2.75) is 32.4 Å². The summed E-state index contributed by atoms with van der Waals surface area (Å²) in [6, 6.07) is 10.9. The van der Waals surface area contributed by atoms with Crippen molar-refractivity contribution in [1.82, 2.24) is 9.47 Å². The van der Waals surface area contributed by atoms with Gasteiger partial charge in [-0.15, -0.1) is 0 Å². The van der Waals surface area contributed by atoms with E-state index in [4.69, 9.17) is 16.0 Å². The number of nitrogens with zero attached hydrogens (tertiary/aromatic N) is 2. The molecule has 0 saturated carbocycles. The first-order valence-electron chi connectivity index (χ1n) is 9.63. The summed E-state index contributed by atoms with van der Waals surface area (Å²) >= 11 is 6.33. The number of rotatable bonds is 2. The average Bonchev–Trinajstić information content (AvgIpc) is 2.64.